The minimum atomic E-state index is -0.680. The average molecular weight is 511 g/mol. The van der Waals surface area contributed by atoms with Gasteiger partial charge in [-0.2, -0.15) is 0 Å². The van der Waals surface area contributed by atoms with Gasteiger partial charge in [0.05, 0.1) is 0 Å². The Labute approximate surface area is 219 Å². The summed E-state index contributed by atoms with van der Waals surface area (Å²) in [6.07, 6.45) is 0.655. The highest BCUT2D eigenvalue weighted by atomic mass is 16.4. The molecule has 5 rings (SSSR count). The maximum absolute atomic E-state index is 12.9. The van der Waals surface area contributed by atoms with Crippen LogP contribution in [0.4, 0.5) is 0 Å². The van der Waals surface area contributed by atoms with Crippen LogP contribution < -0.4 is 10.6 Å². The maximum atomic E-state index is 12.9. The van der Waals surface area contributed by atoms with E-state index < -0.39 is 17.9 Å². The Kier molecular flexibility index (Phi) is 6.99. The number of hydrogen-bond donors (Lipinski definition) is 3. The summed E-state index contributed by atoms with van der Waals surface area (Å²) in [5.41, 5.74) is 4.97. The predicted octanol–water partition coefficient (Wildman–Crippen LogP) is 2.80. The normalized spacial score (nSPS) is 17.3. The number of fused-ring (bicyclic) bond motifs is 1. The highest BCUT2D eigenvalue weighted by Gasteiger charge is 2.39. The Hall–Kier alpha value is -4.79. The van der Waals surface area contributed by atoms with Crippen molar-refractivity contribution in [1.29, 1.82) is 0 Å². The van der Waals surface area contributed by atoms with Gasteiger partial charge in [-0.3, -0.25) is 24.5 Å². The first-order chi connectivity index (χ1) is 18.4. The van der Waals surface area contributed by atoms with Gasteiger partial charge in [0.2, 0.25) is 11.8 Å². The van der Waals surface area contributed by atoms with Crippen LogP contribution in [0.3, 0.4) is 0 Å². The van der Waals surface area contributed by atoms with Gasteiger partial charge in [0, 0.05) is 31.5 Å². The number of piperidine rings is 1. The Bertz CT molecular complexity index is 1430. The molecule has 192 valence electrons. The van der Waals surface area contributed by atoms with Gasteiger partial charge in [0.1, 0.15) is 11.8 Å². The molecule has 0 radical (unpaired) electrons. The third-order valence-corrected chi connectivity index (χ3v) is 6.86. The monoisotopic (exact) mass is 510 g/mol. The topological polar surface area (TPSA) is 128 Å². The molecule has 0 saturated carbocycles. The summed E-state index contributed by atoms with van der Waals surface area (Å²) in [7, 11) is 0. The first kappa shape index (κ1) is 24.9. The zero-order chi connectivity index (χ0) is 26.6. The van der Waals surface area contributed by atoms with E-state index in [2.05, 4.69) is 15.8 Å². The van der Waals surface area contributed by atoms with Crippen LogP contribution in [0.2, 0.25) is 0 Å². The van der Waals surface area contributed by atoms with Crippen molar-refractivity contribution >= 4 is 29.3 Å². The number of carbonyl (C=O) groups is 4. The summed E-state index contributed by atoms with van der Waals surface area (Å²) in [5.74, 6) is -1.54. The van der Waals surface area contributed by atoms with E-state index in [0.29, 0.717) is 12.0 Å². The average Bonchev–Trinajstić information content (AvgIpc) is 3.26. The second kappa shape index (κ2) is 10.7. The van der Waals surface area contributed by atoms with E-state index in [4.69, 9.17) is 0 Å². The molecule has 1 unspecified atom stereocenters. The zero-order valence-corrected chi connectivity index (χ0v) is 20.5. The Balaban J connectivity index is 1.19. The number of hydrogen-bond acceptors (Lipinski definition) is 6. The molecule has 3 aromatic rings. The molecular weight excluding hydrogens is 484 g/mol. The van der Waals surface area contributed by atoms with Crippen molar-refractivity contribution in [2.24, 2.45) is 5.16 Å². The van der Waals surface area contributed by atoms with Gasteiger partial charge >= 0.3 is 0 Å². The van der Waals surface area contributed by atoms with Crippen molar-refractivity contribution in [2.45, 2.75) is 38.4 Å². The molecule has 38 heavy (non-hydrogen) atoms. The number of carbonyl (C=O) groups excluding carboxylic acids is 4. The molecule has 1 saturated heterocycles. The van der Waals surface area contributed by atoms with Gasteiger partial charge in [0.25, 0.3) is 11.8 Å². The van der Waals surface area contributed by atoms with E-state index in [1.807, 2.05) is 60.7 Å². The molecule has 0 aliphatic carbocycles. The van der Waals surface area contributed by atoms with E-state index >= 15 is 0 Å². The summed E-state index contributed by atoms with van der Waals surface area (Å²) in [6, 6.07) is 22.2. The van der Waals surface area contributed by atoms with Crippen molar-refractivity contribution < 1.29 is 24.4 Å². The molecule has 2 aliphatic rings. The number of oxime groups is 1. The largest absolute Gasteiger partial charge is 0.410 e. The molecule has 9 nitrogen and oxygen atoms in total. The minimum Gasteiger partial charge on any atom is -0.410 e. The van der Waals surface area contributed by atoms with Crippen LogP contribution >= 0.6 is 0 Å². The van der Waals surface area contributed by atoms with E-state index in [1.54, 1.807) is 12.1 Å². The first-order valence-electron chi connectivity index (χ1n) is 12.3. The van der Waals surface area contributed by atoms with Crippen LogP contribution in [0.5, 0.6) is 0 Å². The number of rotatable bonds is 7. The number of nitrogens with one attached hydrogen (secondary N) is 2. The fourth-order valence-electron chi connectivity index (χ4n) is 4.82. The lowest BCUT2D eigenvalue weighted by Crippen LogP contribution is -2.52. The van der Waals surface area contributed by atoms with Gasteiger partial charge in [0.15, 0.2) is 0 Å². The number of imide groups is 1. The quantitative estimate of drug-likeness (QED) is 0.195. The molecule has 9 heteroatoms. The Morgan fingerprint density at radius 3 is 2.39 bits per heavy atom. The zero-order valence-electron chi connectivity index (χ0n) is 20.5. The van der Waals surface area contributed by atoms with E-state index in [1.165, 1.54) is 4.90 Å². The van der Waals surface area contributed by atoms with Gasteiger partial charge in [-0.05, 0) is 40.3 Å². The van der Waals surface area contributed by atoms with Crippen LogP contribution in [0.1, 0.15) is 39.9 Å². The summed E-state index contributed by atoms with van der Waals surface area (Å²) in [4.78, 5) is 50.7. The SMILES string of the molecule is O=C1CCC(N2Cc3cc(CNC(=O)/C(Cc4ccc(-c5ccccc5)cc4)=N/O)ccc3C2=O)C(=O)N1. The highest BCUT2D eigenvalue weighted by Crippen LogP contribution is 2.28. The predicted molar refractivity (Wildman–Crippen MR) is 139 cm³/mol. The van der Waals surface area contributed by atoms with Crippen molar-refractivity contribution in [3.8, 4) is 11.1 Å². The maximum Gasteiger partial charge on any atom is 0.269 e. The summed E-state index contributed by atoms with van der Waals surface area (Å²) >= 11 is 0. The molecule has 1 fully saturated rings. The standard InChI is InChI=1S/C29H26N4O5/c34-26-13-12-25(28(36)31-26)33-17-22-14-19(8-11-23(22)29(33)37)16-30-27(35)24(32-38)15-18-6-9-21(10-7-18)20-4-2-1-3-5-20/h1-11,14,25,38H,12-13,15-17H2,(H,30,35)(H,31,34,36)/b32-24+. The lowest BCUT2D eigenvalue weighted by molar-refractivity contribution is -0.137. The molecule has 1 atom stereocenters. The molecule has 2 aliphatic heterocycles. The number of benzene rings is 3. The first-order valence-corrected chi connectivity index (χ1v) is 12.3. The second-order valence-electron chi connectivity index (χ2n) is 9.36. The third-order valence-electron chi connectivity index (χ3n) is 6.86. The Morgan fingerprint density at radius 1 is 0.974 bits per heavy atom. The molecule has 2 heterocycles. The lowest BCUT2D eigenvalue weighted by Gasteiger charge is -2.29. The fourth-order valence-corrected chi connectivity index (χ4v) is 4.82. The summed E-state index contributed by atoms with van der Waals surface area (Å²) in [5, 5.41) is 17.7. The molecule has 4 amide bonds. The van der Waals surface area contributed by atoms with Crippen LogP contribution in [-0.2, 0) is 33.9 Å². The van der Waals surface area contributed by atoms with Crippen LogP contribution in [-0.4, -0.2) is 45.5 Å². The van der Waals surface area contributed by atoms with Gasteiger partial charge in [-0.25, -0.2) is 0 Å². The number of amides is 4. The van der Waals surface area contributed by atoms with Crippen LogP contribution in [0, 0.1) is 0 Å². The Morgan fingerprint density at radius 2 is 1.68 bits per heavy atom. The van der Waals surface area contributed by atoms with Crippen molar-refractivity contribution in [3.05, 3.63) is 95.1 Å². The molecular formula is C29H26N4O5. The minimum absolute atomic E-state index is 0.0159. The van der Waals surface area contributed by atoms with Crippen molar-refractivity contribution in [3.63, 3.8) is 0 Å². The van der Waals surface area contributed by atoms with Crippen molar-refractivity contribution in [2.75, 3.05) is 0 Å². The van der Waals surface area contributed by atoms with E-state index in [0.717, 1.165) is 27.8 Å². The van der Waals surface area contributed by atoms with Crippen LogP contribution in [0.25, 0.3) is 11.1 Å². The molecule has 0 bridgehead atoms. The van der Waals surface area contributed by atoms with Crippen LogP contribution in [0.15, 0.2) is 78.0 Å². The fraction of sp³-hybridized carbons (Fsp3) is 0.207. The molecule has 0 aromatic heterocycles. The summed E-state index contributed by atoms with van der Waals surface area (Å²) < 4.78 is 0. The molecule has 3 aromatic carbocycles. The molecule has 3 N–H and O–H groups in total. The summed E-state index contributed by atoms with van der Waals surface area (Å²) in [6.45, 7) is 0.426. The number of nitrogens with zero attached hydrogens (tertiary/aromatic N) is 2. The second-order valence-corrected chi connectivity index (χ2v) is 9.36. The van der Waals surface area contributed by atoms with E-state index in [9.17, 15) is 24.4 Å². The third kappa shape index (κ3) is 5.17. The van der Waals surface area contributed by atoms with E-state index in [-0.39, 0.29) is 43.5 Å². The smallest absolute Gasteiger partial charge is 0.269 e. The van der Waals surface area contributed by atoms with Gasteiger partial charge in [-0.15, -0.1) is 0 Å². The molecule has 0 spiro atoms. The lowest BCUT2D eigenvalue weighted by atomic mass is 10.0. The van der Waals surface area contributed by atoms with Gasteiger partial charge in [-0.1, -0.05) is 71.9 Å². The van der Waals surface area contributed by atoms with Crippen molar-refractivity contribution in [1.82, 2.24) is 15.5 Å². The highest BCUT2D eigenvalue weighted by molar-refractivity contribution is 6.39. The van der Waals surface area contributed by atoms with Gasteiger partial charge < -0.3 is 15.4 Å².